The van der Waals surface area contributed by atoms with Gasteiger partial charge in [-0.3, -0.25) is 10.1 Å². The van der Waals surface area contributed by atoms with Crippen molar-refractivity contribution in [3.8, 4) is 28.8 Å². The fourth-order valence-corrected chi connectivity index (χ4v) is 3.37. The fraction of sp³-hybridized carbons (Fsp3) is 0.136. The van der Waals surface area contributed by atoms with E-state index in [9.17, 15) is 15.2 Å². The lowest BCUT2D eigenvalue weighted by Gasteiger charge is -2.04. The minimum Gasteiger partial charge on any atom is -0.504 e. The van der Waals surface area contributed by atoms with Crippen LogP contribution in [-0.2, 0) is 11.2 Å². The number of aromatic hydroxyl groups is 1. The third-order valence-electron chi connectivity index (χ3n) is 4.26. The van der Waals surface area contributed by atoms with Crippen molar-refractivity contribution in [2.24, 2.45) is 0 Å². The van der Waals surface area contributed by atoms with Crippen molar-refractivity contribution < 1.29 is 14.6 Å². The molecule has 6 nitrogen and oxygen atoms in total. The van der Waals surface area contributed by atoms with Crippen LogP contribution in [0.5, 0.6) is 11.5 Å². The predicted octanol–water partition coefficient (Wildman–Crippen LogP) is 4.63. The van der Waals surface area contributed by atoms with Crippen molar-refractivity contribution in [3.05, 3.63) is 64.5 Å². The molecule has 0 aliphatic carbocycles. The number of thiazole rings is 1. The molecule has 1 amide bonds. The zero-order chi connectivity index (χ0) is 20.8. The molecule has 29 heavy (non-hydrogen) atoms. The number of methoxy groups -OCH3 is 1. The molecule has 146 valence electrons. The first kappa shape index (κ1) is 20.1. The molecule has 0 aliphatic rings. The Labute approximate surface area is 172 Å². The average molecular weight is 405 g/mol. The SMILES string of the molecule is CCc1ccc(-c2csc(NC(=O)/C(C#N)=C/c3ccc(OC)c(O)c3)n2)cc1. The fourth-order valence-electron chi connectivity index (χ4n) is 2.65. The van der Waals surface area contributed by atoms with Gasteiger partial charge in [-0.15, -0.1) is 11.3 Å². The molecule has 0 fully saturated rings. The van der Waals surface area contributed by atoms with E-state index in [1.165, 1.54) is 36.2 Å². The summed E-state index contributed by atoms with van der Waals surface area (Å²) in [6.45, 7) is 2.10. The van der Waals surface area contributed by atoms with Gasteiger partial charge < -0.3 is 9.84 Å². The number of amides is 1. The Morgan fingerprint density at radius 3 is 2.69 bits per heavy atom. The number of aryl methyl sites for hydroxylation is 1. The minimum absolute atomic E-state index is 0.0717. The van der Waals surface area contributed by atoms with E-state index in [0.29, 0.717) is 16.4 Å². The van der Waals surface area contributed by atoms with Crippen LogP contribution in [0.1, 0.15) is 18.1 Å². The molecule has 1 heterocycles. The van der Waals surface area contributed by atoms with Gasteiger partial charge in [0.05, 0.1) is 12.8 Å². The Morgan fingerprint density at radius 1 is 1.31 bits per heavy atom. The Kier molecular flexibility index (Phi) is 6.27. The number of nitrogens with zero attached hydrogens (tertiary/aromatic N) is 2. The van der Waals surface area contributed by atoms with Crippen LogP contribution in [0.15, 0.2) is 53.4 Å². The zero-order valence-electron chi connectivity index (χ0n) is 16.0. The number of carbonyl (C=O) groups is 1. The van der Waals surface area contributed by atoms with Crippen LogP contribution in [0.2, 0.25) is 0 Å². The van der Waals surface area contributed by atoms with Crippen molar-refractivity contribution in [3.63, 3.8) is 0 Å². The molecule has 1 aromatic heterocycles. The largest absolute Gasteiger partial charge is 0.504 e. The lowest BCUT2D eigenvalue weighted by atomic mass is 10.1. The monoisotopic (exact) mass is 405 g/mol. The van der Waals surface area contributed by atoms with E-state index in [1.807, 2.05) is 35.7 Å². The summed E-state index contributed by atoms with van der Waals surface area (Å²) < 4.78 is 4.99. The van der Waals surface area contributed by atoms with E-state index in [-0.39, 0.29) is 11.3 Å². The number of rotatable bonds is 6. The second-order valence-corrected chi connectivity index (χ2v) is 7.00. The molecular formula is C22H19N3O3S. The van der Waals surface area contributed by atoms with E-state index in [4.69, 9.17) is 4.74 Å². The standard InChI is InChI=1S/C22H19N3O3S/c1-3-14-4-7-16(8-5-14)18-13-29-22(24-18)25-21(27)17(12-23)10-15-6-9-20(28-2)19(26)11-15/h4-11,13,26H,3H2,1-2H3,(H,24,25,27)/b17-10+. The highest BCUT2D eigenvalue weighted by Gasteiger charge is 2.13. The number of hydrogen-bond acceptors (Lipinski definition) is 6. The van der Waals surface area contributed by atoms with E-state index < -0.39 is 5.91 Å². The summed E-state index contributed by atoms with van der Waals surface area (Å²) in [5.74, 6) is -0.324. The van der Waals surface area contributed by atoms with Gasteiger partial charge in [0.2, 0.25) is 0 Å². The van der Waals surface area contributed by atoms with Gasteiger partial charge in [0.1, 0.15) is 11.6 Å². The quantitative estimate of drug-likeness (QED) is 0.460. The van der Waals surface area contributed by atoms with Crippen LogP contribution >= 0.6 is 11.3 Å². The Bertz CT molecular complexity index is 1100. The number of aromatic nitrogens is 1. The van der Waals surface area contributed by atoms with Crippen LogP contribution in [0, 0.1) is 11.3 Å². The minimum atomic E-state index is -0.565. The highest BCUT2D eigenvalue weighted by Crippen LogP contribution is 2.28. The highest BCUT2D eigenvalue weighted by atomic mass is 32.1. The first-order valence-corrected chi connectivity index (χ1v) is 9.77. The van der Waals surface area contributed by atoms with E-state index in [2.05, 4.69) is 17.2 Å². The van der Waals surface area contributed by atoms with Crippen molar-refractivity contribution in [1.82, 2.24) is 4.98 Å². The first-order valence-electron chi connectivity index (χ1n) is 8.89. The molecule has 0 saturated carbocycles. The van der Waals surface area contributed by atoms with Crippen LogP contribution < -0.4 is 10.1 Å². The van der Waals surface area contributed by atoms with E-state index in [1.54, 1.807) is 12.1 Å². The Hall–Kier alpha value is -3.63. The number of phenolic OH excluding ortho intramolecular Hbond substituents is 1. The number of nitrogens with one attached hydrogen (secondary N) is 1. The highest BCUT2D eigenvalue weighted by molar-refractivity contribution is 7.14. The molecule has 0 radical (unpaired) electrons. The smallest absolute Gasteiger partial charge is 0.268 e. The second kappa shape index (κ2) is 9.04. The number of ether oxygens (including phenoxy) is 1. The summed E-state index contributed by atoms with van der Waals surface area (Å²) >= 11 is 1.29. The topological polar surface area (TPSA) is 95.2 Å². The molecule has 3 rings (SSSR count). The molecule has 2 aromatic carbocycles. The van der Waals surface area contributed by atoms with Crippen LogP contribution in [0.25, 0.3) is 17.3 Å². The number of benzene rings is 2. The summed E-state index contributed by atoms with van der Waals surface area (Å²) in [6, 6.07) is 14.6. The molecule has 7 heteroatoms. The molecule has 0 unspecified atom stereocenters. The average Bonchev–Trinajstić information content (AvgIpc) is 3.20. The summed E-state index contributed by atoms with van der Waals surface area (Å²) in [5.41, 5.74) is 3.37. The molecule has 0 bridgehead atoms. The normalized spacial score (nSPS) is 11.0. The van der Waals surface area contributed by atoms with Crippen LogP contribution in [0.4, 0.5) is 5.13 Å². The van der Waals surface area contributed by atoms with Gasteiger partial charge in [0.15, 0.2) is 16.6 Å². The summed E-state index contributed by atoms with van der Waals surface area (Å²) in [4.78, 5) is 16.9. The molecule has 0 aliphatic heterocycles. The first-order chi connectivity index (χ1) is 14.0. The maximum atomic E-state index is 12.5. The second-order valence-electron chi connectivity index (χ2n) is 6.14. The maximum absolute atomic E-state index is 12.5. The zero-order valence-corrected chi connectivity index (χ0v) is 16.8. The summed E-state index contributed by atoms with van der Waals surface area (Å²) in [7, 11) is 1.44. The van der Waals surface area contributed by atoms with Crippen LogP contribution in [-0.4, -0.2) is 23.1 Å². The third-order valence-corrected chi connectivity index (χ3v) is 5.02. The van der Waals surface area contributed by atoms with Gasteiger partial charge in [0, 0.05) is 10.9 Å². The molecule has 0 atom stereocenters. The lowest BCUT2D eigenvalue weighted by Crippen LogP contribution is -2.13. The number of nitriles is 1. The number of carbonyl (C=O) groups excluding carboxylic acids is 1. The van der Waals surface area contributed by atoms with E-state index in [0.717, 1.165) is 17.7 Å². The van der Waals surface area contributed by atoms with Gasteiger partial charge in [-0.1, -0.05) is 37.3 Å². The van der Waals surface area contributed by atoms with Gasteiger partial charge in [0.25, 0.3) is 5.91 Å². The summed E-state index contributed by atoms with van der Waals surface area (Å²) in [5, 5.41) is 24.1. The lowest BCUT2D eigenvalue weighted by molar-refractivity contribution is -0.112. The van der Waals surface area contributed by atoms with E-state index >= 15 is 0 Å². The number of hydrogen-bond donors (Lipinski definition) is 2. The Balaban J connectivity index is 1.75. The van der Waals surface area contributed by atoms with Crippen molar-refractivity contribution in [2.75, 3.05) is 12.4 Å². The van der Waals surface area contributed by atoms with Crippen molar-refractivity contribution >= 4 is 28.5 Å². The van der Waals surface area contributed by atoms with Gasteiger partial charge in [-0.05, 0) is 35.8 Å². The van der Waals surface area contributed by atoms with Gasteiger partial charge in [-0.2, -0.15) is 5.26 Å². The van der Waals surface area contributed by atoms with Gasteiger partial charge >= 0.3 is 0 Å². The van der Waals surface area contributed by atoms with Crippen molar-refractivity contribution in [1.29, 1.82) is 5.26 Å². The molecule has 2 N–H and O–H groups in total. The molecule has 3 aromatic rings. The van der Waals surface area contributed by atoms with Gasteiger partial charge in [-0.25, -0.2) is 4.98 Å². The number of anilines is 1. The predicted molar refractivity (Wildman–Crippen MR) is 114 cm³/mol. The molecule has 0 spiro atoms. The summed E-state index contributed by atoms with van der Waals surface area (Å²) in [6.07, 6.45) is 2.36. The maximum Gasteiger partial charge on any atom is 0.268 e. The van der Waals surface area contributed by atoms with Crippen molar-refractivity contribution in [2.45, 2.75) is 13.3 Å². The third kappa shape index (κ3) is 4.81. The Morgan fingerprint density at radius 2 is 2.07 bits per heavy atom. The number of phenols is 1. The molecular weight excluding hydrogens is 386 g/mol. The van der Waals surface area contributed by atoms with Crippen LogP contribution in [0.3, 0.4) is 0 Å². The molecule has 0 saturated heterocycles.